The summed E-state index contributed by atoms with van der Waals surface area (Å²) in [4.78, 5) is 30.5. The van der Waals surface area contributed by atoms with Crippen molar-refractivity contribution in [3.05, 3.63) is 60.2 Å². The minimum absolute atomic E-state index is 0.0296. The number of likely N-dealkylation sites (tertiary alicyclic amines) is 1. The summed E-state index contributed by atoms with van der Waals surface area (Å²) in [6, 6.07) is 9.46. The number of pyridine rings is 1. The van der Waals surface area contributed by atoms with Gasteiger partial charge in [0, 0.05) is 30.5 Å². The van der Waals surface area contributed by atoms with Crippen molar-refractivity contribution < 1.29 is 14.0 Å². The number of aromatic nitrogens is 1. The fourth-order valence-corrected chi connectivity index (χ4v) is 3.13. The molecule has 1 aliphatic heterocycles. The summed E-state index contributed by atoms with van der Waals surface area (Å²) in [7, 11) is 0. The lowest BCUT2D eigenvalue weighted by molar-refractivity contribution is -0.126. The SMILES string of the molecule is O=C(CN1CCC(C(=O)NCc2cccnc2)CC1)Nc1ccc(F)cc1. The number of piperidine rings is 1. The van der Waals surface area contributed by atoms with E-state index in [2.05, 4.69) is 15.6 Å². The number of halogens is 1. The molecule has 0 radical (unpaired) electrons. The second-order valence-corrected chi connectivity index (χ2v) is 6.68. The van der Waals surface area contributed by atoms with Crippen molar-refractivity contribution in [1.29, 1.82) is 0 Å². The van der Waals surface area contributed by atoms with Crippen molar-refractivity contribution in [2.24, 2.45) is 5.92 Å². The fraction of sp³-hybridized carbons (Fsp3) is 0.350. The molecule has 0 bridgehead atoms. The fourth-order valence-electron chi connectivity index (χ4n) is 3.13. The Labute approximate surface area is 157 Å². The van der Waals surface area contributed by atoms with Gasteiger partial charge in [-0.3, -0.25) is 19.5 Å². The van der Waals surface area contributed by atoms with E-state index in [-0.39, 0.29) is 30.1 Å². The minimum atomic E-state index is -0.336. The first-order valence-corrected chi connectivity index (χ1v) is 9.04. The van der Waals surface area contributed by atoms with Crippen molar-refractivity contribution in [3.63, 3.8) is 0 Å². The Morgan fingerprint density at radius 2 is 1.89 bits per heavy atom. The number of nitrogens with zero attached hydrogens (tertiary/aromatic N) is 2. The highest BCUT2D eigenvalue weighted by atomic mass is 19.1. The van der Waals surface area contributed by atoms with E-state index in [0.29, 0.717) is 25.3 Å². The van der Waals surface area contributed by atoms with Crippen LogP contribution in [0, 0.1) is 11.7 Å². The molecule has 7 heteroatoms. The van der Waals surface area contributed by atoms with Crippen molar-refractivity contribution in [3.8, 4) is 0 Å². The number of amides is 2. The van der Waals surface area contributed by atoms with Crippen molar-refractivity contribution in [1.82, 2.24) is 15.2 Å². The van der Waals surface area contributed by atoms with Gasteiger partial charge in [0.05, 0.1) is 6.54 Å². The van der Waals surface area contributed by atoms with Crippen LogP contribution in [0.1, 0.15) is 18.4 Å². The van der Waals surface area contributed by atoms with Gasteiger partial charge in [-0.15, -0.1) is 0 Å². The first kappa shape index (κ1) is 19.0. The van der Waals surface area contributed by atoms with Gasteiger partial charge in [-0.05, 0) is 61.8 Å². The van der Waals surface area contributed by atoms with Crippen molar-refractivity contribution in [2.45, 2.75) is 19.4 Å². The van der Waals surface area contributed by atoms with Crippen LogP contribution in [0.5, 0.6) is 0 Å². The van der Waals surface area contributed by atoms with Crippen molar-refractivity contribution in [2.75, 3.05) is 25.0 Å². The molecule has 1 aromatic carbocycles. The number of nitrogens with one attached hydrogen (secondary N) is 2. The lowest BCUT2D eigenvalue weighted by Gasteiger charge is -2.30. The van der Waals surface area contributed by atoms with Crippen LogP contribution in [0.3, 0.4) is 0 Å². The van der Waals surface area contributed by atoms with E-state index in [1.165, 1.54) is 24.3 Å². The third kappa shape index (κ3) is 5.86. The summed E-state index contributed by atoms with van der Waals surface area (Å²) in [6.07, 6.45) is 4.89. The predicted octanol–water partition coefficient (Wildman–Crippen LogP) is 2.19. The Morgan fingerprint density at radius 3 is 2.56 bits per heavy atom. The molecular formula is C20H23FN4O2. The van der Waals surface area contributed by atoms with Gasteiger partial charge in [-0.2, -0.15) is 0 Å². The molecule has 6 nitrogen and oxygen atoms in total. The zero-order chi connectivity index (χ0) is 19.1. The maximum Gasteiger partial charge on any atom is 0.238 e. The minimum Gasteiger partial charge on any atom is -0.352 e. The van der Waals surface area contributed by atoms with Gasteiger partial charge >= 0.3 is 0 Å². The van der Waals surface area contributed by atoms with Gasteiger partial charge in [-0.1, -0.05) is 6.07 Å². The highest BCUT2D eigenvalue weighted by Gasteiger charge is 2.25. The van der Waals surface area contributed by atoms with Crippen LogP contribution in [-0.4, -0.2) is 41.3 Å². The van der Waals surface area contributed by atoms with E-state index in [1.807, 2.05) is 17.0 Å². The number of carbonyl (C=O) groups is 2. The largest absolute Gasteiger partial charge is 0.352 e. The Balaban J connectivity index is 1.38. The van der Waals surface area contributed by atoms with E-state index in [9.17, 15) is 14.0 Å². The van der Waals surface area contributed by atoms with E-state index in [4.69, 9.17) is 0 Å². The van der Waals surface area contributed by atoms with Crippen molar-refractivity contribution >= 4 is 17.5 Å². The van der Waals surface area contributed by atoms with Gasteiger partial charge < -0.3 is 10.6 Å². The van der Waals surface area contributed by atoms with Crippen LogP contribution in [0.25, 0.3) is 0 Å². The third-order valence-corrected chi connectivity index (χ3v) is 4.64. The second-order valence-electron chi connectivity index (χ2n) is 6.68. The average molecular weight is 370 g/mol. The summed E-state index contributed by atoms with van der Waals surface area (Å²) < 4.78 is 12.9. The normalized spacial score (nSPS) is 15.3. The van der Waals surface area contributed by atoms with Crippen LogP contribution in [0.4, 0.5) is 10.1 Å². The molecule has 2 amide bonds. The topological polar surface area (TPSA) is 74.3 Å². The summed E-state index contributed by atoms with van der Waals surface area (Å²) in [5.74, 6) is -0.453. The Bertz CT molecular complexity index is 759. The zero-order valence-corrected chi connectivity index (χ0v) is 15.0. The first-order valence-electron chi connectivity index (χ1n) is 9.04. The maximum atomic E-state index is 12.9. The molecule has 3 rings (SSSR count). The van der Waals surface area contributed by atoms with Gasteiger partial charge in [0.25, 0.3) is 0 Å². The number of hydrogen-bond acceptors (Lipinski definition) is 4. The monoisotopic (exact) mass is 370 g/mol. The highest BCUT2D eigenvalue weighted by Crippen LogP contribution is 2.17. The summed E-state index contributed by atoms with van der Waals surface area (Å²) in [5.41, 5.74) is 1.55. The summed E-state index contributed by atoms with van der Waals surface area (Å²) >= 11 is 0. The average Bonchev–Trinajstić information content (AvgIpc) is 2.69. The zero-order valence-electron chi connectivity index (χ0n) is 15.0. The molecule has 0 saturated carbocycles. The molecule has 2 N–H and O–H groups in total. The first-order chi connectivity index (χ1) is 13.1. The standard InChI is InChI=1S/C20H23FN4O2/c21-17-3-5-18(6-4-17)24-19(26)14-25-10-7-16(8-11-25)20(27)23-13-15-2-1-9-22-12-15/h1-6,9,12,16H,7-8,10-11,13-14H2,(H,23,27)(H,24,26). The number of rotatable bonds is 6. The Kier molecular flexibility index (Phi) is 6.49. The number of benzene rings is 1. The van der Waals surface area contributed by atoms with E-state index < -0.39 is 0 Å². The molecule has 0 spiro atoms. The summed E-state index contributed by atoms with van der Waals surface area (Å²) in [5, 5.41) is 5.71. The number of carbonyl (C=O) groups excluding carboxylic acids is 2. The lowest BCUT2D eigenvalue weighted by Crippen LogP contribution is -2.43. The molecule has 1 fully saturated rings. The van der Waals surface area contributed by atoms with Gasteiger partial charge in [0.1, 0.15) is 5.82 Å². The van der Waals surface area contributed by atoms with Crippen LogP contribution in [0.15, 0.2) is 48.8 Å². The quantitative estimate of drug-likeness (QED) is 0.817. The van der Waals surface area contributed by atoms with Crippen LogP contribution in [0.2, 0.25) is 0 Å². The smallest absolute Gasteiger partial charge is 0.238 e. The molecule has 1 aliphatic rings. The Hall–Kier alpha value is -2.80. The molecular weight excluding hydrogens is 347 g/mol. The van der Waals surface area contributed by atoms with Gasteiger partial charge in [0.2, 0.25) is 11.8 Å². The molecule has 142 valence electrons. The van der Waals surface area contributed by atoms with Gasteiger partial charge in [-0.25, -0.2) is 4.39 Å². The highest BCUT2D eigenvalue weighted by molar-refractivity contribution is 5.92. The van der Waals surface area contributed by atoms with Gasteiger partial charge in [0.15, 0.2) is 0 Å². The van der Waals surface area contributed by atoms with Crippen LogP contribution in [-0.2, 0) is 16.1 Å². The molecule has 0 atom stereocenters. The molecule has 27 heavy (non-hydrogen) atoms. The molecule has 1 aromatic heterocycles. The Morgan fingerprint density at radius 1 is 1.15 bits per heavy atom. The number of anilines is 1. The summed E-state index contributed by atoms with van der Waals surface area (Å²) in [6.45, 7) is 2.14. The van der Waals surface area contributed by atoms with Crippen LogP contribution >= 0.6 is 0 Å². The van der Waals surface area contributed by atoms with E-state index in [1.54, 1.807) is 12.4 Å². The molecule has 2 aromatic rings. The maximum absolute atomic E-state index is 12.9. The van der Waals surface area contributed by atoms with Crippen LogP contribution < -0.4 is 10.6 Å². The third-order valence-electron chi connectivity index (χ3n) is 4.64. The molecule has 0 aliphatic carbocycles. The molecule has 2 heterocycles. The van der Waals surface area contributed by atoms with E-state index in [0.717, 1.165) is 18.4 Å². The molecule has 1 saturated heterocycles. The predicted molar refractivity (Wildman–Crippen MR) is 100 cm³/mol. The van der Waals surface area contributed by atoms with E-state index >= 15 is 0 Å². The lowest BCUT2D eigenvalue weighted by atomic mass is 9.96. The molecule has 0 unspecified atom stereocenters. The number of hydrogen-bond donors (Lipinski definition) is 2. The second kappa shape index (κ2) is 9.23.